The number of rotatable bonds is 15. The Bertz CT molecular complexity index is 4010. The van der Waals surface area contributed by atoms with Crippen LogP contribution in [0.5, 0.6) is 0 Å². The molecule has 0 bridgehead atoms. The van der Waals surface area contributed by atoms with Crippen LogP contribution in [0.2, 0.25) is 0 Å². The maximum Gasteiger partial charge on any atom is 0.208 e. The standard InChI is InChI=1S/C68H57NO4S2/c1-2-3-4-5-6-7-8-9-10-27-40-69-57-43-59-55(65-61(45-28-15-11-16-29-45)49-36-23-25-38-51(49)63(67(65)74(59,70)71)47-32-19-13-20-33-47)41-53(57)54-42-56-60(44-58(54)69)75(72,73)68-64(48-34-21-14-22-35-48)52-39-26-24-37-50(52)62(66(56)68)46-30-17-12-18-31-46/h11-26,28-39,41-44H,2-10,27,40H2,1H3. The second-order valence-corrected chi connectivity index (χ2v) is 24.2. The highest BCUT2D eigenvalue weighted by molar-refractivity contribution is 7.92. The lowest BCUT2D eigenvalue weighted by Gasteiger charge is -2.19. The third-order valence-corrected chi connectivity index (χ3v) is 19.8. The van der Waals surface area contributed by atoms with Crippen LogP contribution in [0.4, 0.5) is 0 Å². The highest BCUT2D eigenvalue weighted by Gasteiger charge is 2.43. The first-order valence-electron chi connectivity index (χ1n) is 26.8. The lowest BCUT2D eigenvalue weighted by molar-refractivity contribution is 0.541. The van der Waals surface area contributed by atoms with E-state index in [1.165, 1.54) is 44.9 Å². The molecule has 2 aliphatic rings. The van der Waals surface area contributed by atoms with Gasteiger partial charge in [-0.15, -0.1) is 0 Å². The van der Waals surface area contributed by atoms with Gasteiger partial charge in [0.05, 0.1) is 30.6 Å². The van der Waals surface area contributed by atoms with Crippen molar-refractivity contribution < 1.29 is 16.8 Å². The number of benzene rings is 10. The van der Waals surface area contributed by atoms with Gasteiger partial charge in [-0.2, -0.15) is 0 Å². The number of nitrogens with zero attached hydrogens (tertiary/aromatic N) is 1. The Morgan fingerprint density at radius 3 is 0.987 bits per heavy atom. The van der Waals surface area contributed by atoms with E-state index in [0.717, 1.165) is 96.0 Å². The largest absolute Gasteiger partial charge is 0.340 e. The molecule has 0 unspecified atom stereocenters. The molecule has 11 aromatic rings. The smallest absolute Gasteiger partial charge is 0.208 e. The SMILES string of the molecule is CCCCCCCCCCCCn1c2cc3c(cc2c2cc4c(cc21)S(=O)(=O)c1c-4c(-c2ccccc2)c2ccccc2c1-c1ccccc1)-c1c(c(-c2ccccc2)c2ccccc2c1-c1ccccc1)S3(=O)=O. The van der Waals surface area contributed by atoms with E-state index in [1.54, 1.807) is 0 Å². The maximum atomic E-state index is 15.8. The monoisotopic (exact) mass is 1020 g/mol. The van der Waals surface area contributed by atoms with E-state index in [4.69, 9.17) is 0 Å². The summed E-state index contributed by atoms with van der Waals surface area (Å²) in [5.74, 6) is 0. The van der Waals surface area contributed by atoms with Crippen molar-refractivity contribution in [2.75, 3.05) is 0 Å². The Morgan fingerprint density at radius 1 is 0.320 bits per heavy atom. The molecule has 13 rings (SSSR count). The number of aromatic nitrogens is 1. The van der Waals surface area contributed by atoms with Crippen LogP contribution in [0.15, 0.2) is 214 Å². The molecule has 2 aliphatic heterocycles. The van der Waals surface area contributed by atoms with Crippen LogP contribution in [0.1, 0.15) is 71.1 Å². The molecule has 0 N–H and O–H groups in total. The van der Waals surface area contributed by atoms with Gasteiger partial charge in [0.25, 0.3) is 0 Å². The van der Waals surface area contributed by atoms with Crippen LogP contribution in [0, 0.1) is 0 Å². The molecular weight excluding hydrogens is 959 g/mol. The molecule has 0 atom stereocenters. The fraction of sp³-hybridized carbons (Fsp3) is 0.176. The summed E-state index contributed by atoms with van der Waals surface area (Å²) in [5, 5.41) is 5.50. The van der Waals surface area contributed by atoms with Gasteiger partial charge in [0.2, 0.25) is 19.7 Å². The van der Waals surface area contributed by atoms with E-state index in [2.05, 4.69) is 72.2 Å². The van der Waals surface area contributed by atoms with Crippen LogP contribution in [0.3, 0.4) is 0 Å². The average molecular weight is 1020 g/mol. The van der Waals surface area contributed by atoms with Crippen LogP contribution < -0.4 is 0 Å². The third kappa shape index (κ3) is 7.60. The van der Waals surface area contributed by atoms with Gasteiger partial charge in [0, 0.05) is 50.7 Å². The van der Waals surface area contributed by atoms with Crippen molar-refractivity contribution in [2.45, 2.75) is 97.3 Å². The summed E-state index contributed by atoms with van der Waals surface area (Å²) in [6.45, 7) is 2.86. The van der Waals surface area contributed by atoms with Gasteiger partial charge < -0.3 is 4.57 Å². The van der Waals surface area contributed by atoms with Crippen molar-refractivity contribution in [2.24, 2.45) is 0 Å². The van der Waals surface area contributed by atoms with Crippen LogP contribution >= 0.6 is 0 Å². The highest BCUT2D eigenvalue weighted by atomic mass is 32.2. The first-order valence-corrected chi connectivity index (χ1v) is 29.8. The molecule has 5 nitrogen and oxygen atoms in total. The van der Waals surface area contributed by atoms with Gasteiger partial charge in [-0.1, -0.05) is 235 Å². The van der Waals surface area contributed by atoms with Crippen LogP contribution in [-0.2, 0) is 26.2 Å². The summed E-state index contributed by atoms with van der Waals surface area (Å²) in [6, 6.07) is 64.6. The normalized spacial score (nSPS) is 13.9. The number of fused-ring (bicyclic) bond motifs is 11. The molecule has 10 aromatic carbocycles. The maximum absolute atomic E-state index is 15.8. The molecule has 0 aliphatic carbocycles. The zero-order valence-electron chi connectivity index (χ0n) is 42.2. The van der Waals surface area contributed by atoms with Crippen LogP contribution in [-0.4, -0.2) is 21.4 Å². The first kappa shape index (κ1) is 47.2. The van der Waals surface area contributed by atoms with E-state index in [0.29, 0.717) is 49.7 Å². The minimum Gasteiger partial charge on any atom is -0.340 e. The van der Waals surface area contributed by atoms with E-state index in [-0.39, 0.29) is 9.79 Å². The molecule has 0 saturated carbocycles. The molecule has 0 fully saturated rings. The summed E-state index contributed by atoms with van der Waals surface area (Å²) in [7, 11) is -8.24. The number of aryl methyl sites for hydroxylation is 1. The predicted octanol–water partition coefficient (Wildman–Crippen LogP) is 18.3. The number of hydrogen-bond donors (Lipinski definition) is 0. The summed E-state index contributed by atoms with van der Waals surface area (Å²) < 4.78 is 65.6. The lowest BCUT2D eigenvalue weighted by Crippen LogP contribution is -2.03. The van der Waals surface area contributed by atoms with Crippen molar-refractivity contribution in [3.8, 4) is 66.8 Å². The van der Waals surface area contributed by atoms with E-state index in [9.17, 15) is 0 Å². The predicted molar refractivity (Wildman–Crippen MR) is 310 cm³/mol. The minimum atomic E-state index is -4.12. The molecule has 0 radical (unpaired) electrons. The van der Waals surface area contributed by atoms with Gasteiger partial charge in [-0.25, -0.2) is 16.8 Å². The number of unbranched alkanes of at least 4 members (excludes halogenated alkanes) is 9. The van der Waals surface area contributed by atoms with Crippen molar-refractivity contribution in [1.82, 2.24) is 4.57 Å². The van der Waals surface area contributed by atoms with Crippen LogP contribution in [0.25, 0.3) is 110 Å². The molecular formula is C68H57NO4S2. The van der Waals surface area contributed by atoms with E-state index in [1.807, 2.05) is 133 Å². The third-order valence-electron chi connectivity index (χ3n) is 16.0. The number of sulfone groups is 2. The average Bonchev–Trinajstić information content (AvgIpc) is 3.98. The summed E-state index contributed by atoms with van der Waals surface area (Å²) in [5.41, 5.74) is 11.0. The molecule has 370 valence electrons. The molecule has 1 aromatic heterocycles. The Hall–Kier alpha value is -7.58. The van der Waals surface area contributed by atoms with Crippen molar-refractivity contribution >= 4 is 63.0 Å². The van der Waals surface area contributed by atoms with Gasteiger partial charge in [0.15, 0.2) is 0 Å². The molecule has 3 heterocycles. The van der Waals surface area contributed by atoms with Gasteiger partial charge >= 0.3 is 0 Å². The summed E-state index contributed by atoms with van der Waals surface area (Å²) in [6.07, 6.45) is 11.8. The van der Waals surface area contributed by atoms with Crippen molar-refractivity contribution in [1.29, 1.82) is 0 Å². The zero-order valence-corrected chi connectivity index (χ0v) is 43.8. The molecule has 75 heavy (non-hydrogen) atoms. The molecule has 0 saturated heterocycles. The lowest BCUT2D eigenvalue weighted by atomic mass is 9.85. The van der Waals surface area contributed by atoms with Gasteiger partial charge in [-0.05, 0) is 85.6 Å². The summed E-state index contributed by atoms with van der Waals surface area (Å²) in [4.78, 5) is 1.21. The Kier molecular flexibility index (Phi) is 11.9. The summed E-state index contributed by atoms with van der Waals surface area (Å²) >= 11 is 0. The quantitative estimate of drug-likeness (QED) is 0.0959. The Balaban J connectivity index is 1.09. The Morgan fingerprint density at radius 2 is 0.627 bits per heavy atom. The van der Waals surface area contributed by atoms with Gasteiger partial charge in [-0.3, -0.25) is 0 Å². The Labute approximate surface area is 440 Å². The minimum absolute atomic E-state index is 0.276. The number of hydrogen-bond acceptors (Lipinski definition) is 4. The zero-order chi connectivity index (χ0) is 50.8. The van der Waals surface area contributed by atoms with E-state index < -0.39 is 19.7 Å². The van der Waals surface area contributed by atoms with Gasteiger partial charge in [0.1, 0.15) is 0 Å². The molecule has 7 heteroatoms. The first-order chi connectivity index (χ1) is 36.8. The van der Waals surface area contributed by atoms with Crippen molar-refractivity contribution in [3.63, 3.8) is 0 Å². The fourth-order valence-electron chi connectivity index (χ4n) is 12.7. The highest BCUT2D eigenvalue weighted by Crippen LogP contribution is 2.59. The molecule has 0 amide bonds. The second kappa shape index (κ2) is 19.0. The van der Waals surface area contributed by atoms with Crippen molar-refractivity contribution in [3.05, 3.63) is 194 Å². The second-order valence-electron chi connectivity index (χ2n) is 20.5. The topological polar surface area (TPSA) is 73.2 Å². The molecule has 0 spiro atoms. The fourth-order valence-corrected chi connectivity index (χ4v) is 16.5. The van der Waals surface area contributed by atoms with E-state index >= 15 is 16.8 Å².